The number of hydrogen-bond donors (Lipinski definition) is 1. The molecule has 0 spiro atoms. The number of aryl methyl sites for hydroxylation is 1. The van der Waals surface area contributed by atoms with E-state index in [-0.39, 0.29) is 0 Å². The number of aromatic nitrogens is 3. The second kappa shape index (κ2) is 12.7. The number of benzene rings is 1. The minimum atomic E-state index is 0.891. The number of pyridine rings is 2. The molecule has 1 aromatic carbocycles. The van der Waals surface area contributed by atoms with E-state index in [1.165, 1.54) is 36.0 Å². The number of allylic oxidation sites excluding steroid dienone is 5. The van der Waals surface area contributed by atoms with Crippen LogP contribution >= 0.6 is 0 Å². The summed E-state index contributed by atoms with van der Waals surface area (Å²) in [5, 5.41) is 3.51. The van der Waals surface area contributed by atoms with Crippen LogP contribution in [-0.2, 0) is 0 Å². The smallest absolute Gasteiger partial charge is 0.138 e. The number of imidazole rings is 1. The van der Waals surface area contributed by atoms with E-state index < -0.39 is 0 Å². The fourth-order valence-corrected chi connectivity index (χ4v) is 5.13. The predicted molar refractivity (Wildman–Crippen MR) is 166 cm³/mol. The van der Waals surface area contributed by atoms with Crippen LogP contribution in [0.2, 0.25) is 0 Å². The summed E-state index contributed by atoms with van der Waals surface area (Å²) in [4.78, 5) is 10.0. The number of hydrogen-bond acceptors (Lipinski definition) is 3. The molecule has 4 aromatic rings. The molecular weight excluding hydrogens is 476 g/mol. The van der Waals surface area contributed by atoms with Crippen molar-refractivity contribution in [3.63, 3.8) is 0 Å². The molecule has 0 atom stereocenters. The van der Waals surface area contributed by atoms with Crippen molar-refractivity contribution in [2.45, 2.75) is 46.5 Å². The normalized spacial score (nSPS) is 13.1. The number of nitrogens with zero attached hydrogens (tertiary/aromatic N) is 3. The lowest BCUT2D eigenvalue weighted by atomic mass is 9.95. The van der Waals surface area contributed by atoms with E-state index in [1.807, 2.05) is 19.1 Å². The highest BCUT2D eigenvalue weighted by atomic mass is 15.0. The maximum Gasteiger partial charge on any atom is 0.138 e. The van der Waals surface area contributed by atoms with E-state index in [4.69, 9.17) is 9.97 Å². The van der Waals surface area contributed by atoms with Gasteiger partial charge in [-0.2, -0.15) is 0 Å². The van der Waals surface area contributed by atoms with Crippen molar-refractivity contribution in [2.75, 3.05) is 13.1 Å². The first kappa shape index (κ1) is 26.6. The molecule has 3 aromatic heterocycles. The topological polar surface area (TPSA) is 42.2 Å². The maximum atomic E-state index is 5.04. The van der Waals surface area contributed by atoms with Crippen LogP contribution in [0.4, 0.5) is 0 Å². The third-order valence-electron chi connectivity index (χ3n) is 7.14. The van der Waals surface area contributed by atoms with Crippen molar-refractivity contribution in [1.29, 1.82) is 0 Å². The van der Waals surface area contributed by atoms with Crippen LogP contribution in [0.25, 0.3) is 46.5 Å². The summed E-state index contributed by atoms with van der Waals surface area (Å²) in [6.45, 7) is 8.50. The molecule has 0 saturated carbocycles. The van der Waals surface area contributed by atoms with E-state index in [0.29, 0.717) is 0 Å². The van der Waals surface area contributed by atoms with E-state index in [2.05, 4.69) is 109 Å². The zero-order valence-corrected chi connectivity index (χ0v) is 23.3. The maximum absolute atomic E-state index is 5.04. The van der Waals surface area contributed by atoms with Crippen LogP contribution in [0.3, 0.4) is 0 Å². The Morgan fingerprint density at radius 1 is 0.923 bits per heavy atom. The molecule has 3 heterocycles. The molecule has 198 valence electrons. The summed E-state index contributed by atoms with van der Waals surface area (Å²) in [6.07, 6.45) is 22.0. The second-order valence-electron chi connectivity index (χ2n) is 10.1. The fourth-order valence-electron chi connectivity index (χ4n) is 5.13. The van der Waals surface area contributed by atoms with Crippen LogP contribution in [0.5, 0.6) is 0 Å². The van der Waals surface area contributed by atoms with Crippen LogP contribution in [-0.4, -0.2) is 27.5 Å². The zero-order chi connectivity index (χ0) is 27.0. The molecule has 1 aliphatic carbocycles. The Labute approximate surface area is 232 Å². The SMILES string of the molecule is C/C=C/c1ccc(-c2nc3ccccn3c2-c2ccc3c(c2)C=C(CCCCNCCC)C=CC=C3)nc1C. The van der Waals surface area contributed by atoms with Gasteiger partial charge in [-0.25, -0.2) is 4.98 Å². The molecular formula is C35H38N4. The fraction of sp³-hybridized carbons (Fsp3) is 0.257. The Morgan fingerprint density at radius 3 is 2.67 bits per heavy atom. The average Bonchev–Trinajstić information content (AvgIpc) is 3.32. The first-order valence-corrected chi connectivity index (χ1v) is 14.2. The van der Waals surface area contributed by atoms with Crippen molar-refractivity contribution in [3.8, 4) is 22.6 Å². The molecule has 0 saturated heterocycles. The number of fused-ring (bicyclic) bond motifs is 2. The minimum Gasteiger partial charge on any atom is -0.317 e. The summed E-state index contributed by atoms with van der Waals surface area (Å²) in [6, 6.07) is 17.1. The highest BCUT2D eigenvalue weighted by Gasteiger charge is 2.18. The average molecular weight is 515 g/mol. The van der Waals surface area contributed by atoms with Crippen molar-refractivity contribution in [2.24, 2.45) is 0 Å². The summed E-state index contributed by atoms with van der Waals surface area (Å²) in [7, 11) is 0. The summed E-state index contributed by atoms with van der Waals surface area (Å²) in [5.74, 6) is 0. The molecule has 1 N–H and O–H groups in total. The first-order valence-electron chi connectivity index (χ1n) is 14.2. The molecule has 0 fully saturated rings. The number of nitrogens with one attached hydrogen (secondary N) is 1. The van der Waals surface area contributed by atoms with Gasteiger partial charge in [0.1, 0.15) is 11.3 Å². The lowest BCUT2D eigenvalue weighted by Crippen LogP contribution is -2.15. The van der Waals surface area contributed by atoms with Gasteiger partial charge >= 0.3 is 0 Å². The third-order valence-corrected chi connectivity index (χ3v) is 7.14. The zero-order valence-electron chi connectivity index (χ0n) is 23.3. The Balaban J connectivity index is 1.53. The van der Waals surface area contributed by atoms with Gasteiger partial charge in [-0.15, -0.1) is 0 Å². The molecule has 5 rings (SSSR count). The Morgan fingerprint density at radius 2 is 1.82 bits per heavy atom. The van der Waals surface area contributed by atoms with Crippen molar-refractivity contribution < 1.29 is 0 Å². The van der Waals surface area contributed by atoms with Gasteiger partial charge in [0.25, 0.3) is 0 Å². The molecule has 4 heteroatoms. The molecule has 4 nitrogen and oxygen atoms in total. The third kappa shape index (κ3) is 6.18. The molecule has 0 radical (unpaired) electrons. The van der Waals surface area contributed by atoms with Crippen molar-refractivity contribution in [1.82, 2.24) is 19.7 Å². The van der Waals surface area contributed by atoms with E-state index in [0.717, 1.165) is 59.1 Å². The van der Waals surface area contributed by atoms with E-state index in [9.17, 15) is 0 Å². The van der Waals surface area contributed by atoms with Gasteiger partial charge < -0.3 is 5.32 Å². The summed E-state index contributed by atoms with van der Waals surface area (Å²) in [5.41, 5.74) is 10.9. The van der Waals surface area contributed by atoms with Gasteiger partial charge in [0.2, 0.25) is 0 Å². The Kier molecular flexibility index (Phi) is 8.65. The van der Waals surface area contributed by atoms with E-state index in [1.54, 1.807) is 0 Å². The van der Waals surface area contributed by atoms with Gasteiger partial charge in [-0.3, -0.25) is 9.38 Å². The van der Waals surface area contributed by atoms with Crippen LogP contribution < -0.4 is 5.32 Å². The lowest BCUT2D eigenvalue weighted by molar-refractivity contribution is 0.618. The monoisotopic (exact) mass is 514 g/mol. The van der Waals surface area contributed by atoms with Crippen LogP contribution in [0, 0.1) is 6.92 Å². The molecule has 1 aliphatic rings. The highest BCUT2D eigenvalue weighted by Crippen LogP contribution is 2.34. The van der Waals surface area contributed by atoms with Gasteiger partial charge in [0.05, 0.1) is 11.4 Å². The summed E-state index contributed by atoms with van der Waals surface area (Å²) < 4.78 is 2.18. The number of rotatable bonds is 10. The van der Waals surface area contributed by atoms with Gasteiger partial charge in [0, 0.05) is 17.5 Å². The van der Waals surface area contributed by atoms with Gasteiger partial charge in [0.15, 0.2) is 0 Å². The quantitative estimate of drug-likeness (QED) is 0.216. The van der Waals surface area contributed by atoms with Crippen LogP contribution in [0.1, 0.15) is 61.9 Å². The Hall–Kier alpha value is -4.02. The molecule has 39 heavy (non-hydrogen) atoms. The summed E-state index contributed by atoms with van der Waals surface area (Å²) >= 11 is 0. The minimum absolute atomic E-state index is 0.891. The largest absolute Gasteiger partial charge is 0.317 e. The van der Waals surface area contributed by atoms with Crippen LogP contribution in [0.15, 0.2) is 84.6 Å². The van der Waals surface area contributed by atoms with Crippen molar-refractivity contribution in [3.05, 3.63) is 107 Å². The number of unbranched alkanes of at least 4 members (excludes halogenated alkanes) is 1. The van der Waals surface area contributed by atoms with Crippen molar-refractivity contribution >= 4 is 23.9 Å². The standard InChI is InChI=1S/C35H38N4/c1-4-12-28-19-20-32(37-26(28)3)34-35(39-23-11-9-16-33(39)38-34)30-18-17-29-15-7-6-13-27(24-31(29)25-30)14-8-10-22-36-21-5-2/h4,6-7,9,11-13,15-20,23-25,36H,5,8,10,14,21-22H2,1-3H3/b7-6?,12-4+,13-6?,15-7?,27-13?,27-24?,29-15?,31-24?. The van der Waals surface area contributed by atoms with Gasteiger partial charge in [-0.1, -0.05) is 73.7 Å². The second-order valence-corrected chi connectivity index (χ2v) is 10.1. The van der Waals surface area contributed by atoms with E-state index >= 15 is 0 Å². The molecule has 0 unspecified atom stereocenters. The Bertz CT molecular complexity index is 1570. The first-order chi connectivity index (χ1) is 19.2. The predicted octanol–water partition coefficient (Wildman–Crippen LogP) is 8.54. The lowest BCUT2D eigenvalue weighted by Gasteiger charge is -2.12. The molecule has 0 amide bonds. The molecule has 0 bridgehead atoms. The van der Waals surface area contributed by atoms with Gasteiger partial charge in [-0.05, 0) is 99.1 Å². The highest BCUT2D eigenvalue weighted by molar-refractivity contribution is 5.83. The molecule has 0 aliphatic heterocycles.